The monoisotopic (exact) mass is 230 g/mol. The van der Waals surface area contributed by atoms with Gasteiger partial charge >= 0.3 is 0 Å². The van der Waals surface area contributed by atoms with Crippen LogP contribution in [0.5, 0.6) is 0 Å². The van der Waals surface area contributed by atoms with Crippen molar-refractivity contribution >= 4 is 11.7 Å². The normalized spacial score (nSPS) is 11.3. The third-order valence-electron chi connectivity index (χ3n) is 2.28. The maximum atomic E-state index is 11.7. The molecule has 1 rings (SSSR count). The van der Waals surface area contributed by atoms with Crippen molar-refractivity contribution in [3.05, 3.63) is 35.9 Å². The lowest BCUT2D eigenvalue weighted by atomic mass is 10.1. The van der Waals surface area contributed by atoms with Gasteiger partial charge in [-0.15, -0.1) is 0 Å². The van der Waals surface area contributed by atoms with Gasteiger partial charge in [-0.3, -0.25) is 4.79 Å². The fraction of sp³-hybridized carbons (Fsp3) is 0.308. The molecule has 0 heterocycles. The van der Waals surface area contributed by atoms with Crippen LogP contribution in [0.2, 0.25) is 0 Å². The largest absolute Gasteiger partial charge is 0.336 e. The number of nitrogens with zero attached hydrogens (tertiary/aromatic N) is 1. The van der Waals surface area contributed by atoms with Gasteiger partial charge in [0.05, 0.1) is 6.07 Å². The Balaban J connectivity index is 2.55. The van der Waals surface area contributed by atoms with E-state index in [-0.39, 0.29) is 11.7 Å². The SMILES string of the molecule is CC(=O)CCC(C#N)NC(=O)c1ccccc1. The second kappa shape index (κ2) is 6.44. The van der Waals surface area contributed by atoms with E-state index in [1.807, 2.05) is 12.1 Å². The number of hydrogen-bond donors (Lipinski definition) is 1. The van der Waals surface area contributed by atoms with Crippen molar-refractivity contribution in [2.24, 2.45) is 0 Å². The molecular weight excluding hydrogens is 216 g/mol. The van der Waals surface area contributed by atoms with Gasteiger partial charge in [-0.2, -0.15) is 5.26 Å². The van der Waals surface area contributed by atoms with E-state index in [9.17, 15) is 9.59 Å². The van der Waals surface area contributed by atoms with Crippen molar-refractivity contribution in [1.82, 2.24) is 5.32 Å². The molecule has 0 aliphatic heterocycles. The summed E-state index contributed by atoms with van der Waals surface area (Å²) in [7, 11) is 0. The maximum absolute atomic E-state index is 11.7. The van der Waals surface area contributed by atoms with Gasteiger partial charge in [-0.25, -0.2) is 0 Å². The van der Waals surface area contributed by atoms with Crippen molar-refractivity contribution < 1.29 is 9.59 Å². The summed E-state index contributed by atoms with van der Waals surface area (Å²) in [5.41, 5.74) is 0.510. The third kappa shape index (κ3) is 4.47. The molecular formula is C13H14N2O2. The molecule has 1 aromatic carbocycles. The van der Waals surface area contributed by atoms with Gasteiger partial charge in [0.2, 0.25) is 0 Å². The van der Waals surface area contributed by atoms with Crippen LogP contribution in [0.1, 0.15) is 30.1 Å². The molecule has 1 N–H and O–H groups in total. The molecule has 4 nitrogen and oxygen atoms in total. The van der Waals surface area contributed by atoms with Crippen LogP contribution in [0.3, 0.4) is 0 Å². The van der Waals surface area contributed by atoms with Gasteiger partial charge in [0.1, 0.15) is 11.8 Å². The zero-order valence-electron chi connectivity index (χ0n) is 9.64. The zero-order chi connectivity index (χ0) is 12.7. The van der Waals surface area contributed by atoms with Crippen LogP contribution >= 0.6 is 0 Å². The molecule has 0 saturated carbocycles. The summed E-state index contributed by atoms with van der Waals surface area (Å²) in [5, 5.41) is 11.4. The molecule has 0 aliphatic rings. The lowest BCUT2D eigenvalue weighted by molar-refractivity contribution is -0.117. The summed E-state index contributed by atoms with van der Waals surface area (Å²) in [6.07, 6.45) is 0.650. The number of ketones is 1. The van der Waals surface area contributed by atoms with E-state index in [2.05, 4.69) is 5.32 Å². The van der Waals surface area contributed by atoms with E-state index >= 15 is 0 Å². The molecule has 0 fully saturated rings. The lowest BCUT2D eigenvalue weighted by Crippen LogP contribution is -2.34. The standard InChI is InChI=1S/C13H14N2O2/c1-10(16)7-8-12(9-14)15-13(17)11-5-3-2-4-6-11/h2-6,12H,7-8H2,1H3,(H,15,17). The molecule has 1 amide bonds. The summed E-state index contributed by atoms with van der Waals surface area (Å²) in [6.45, 7) is 1.47. The van der Waals surface area contributed by atoms with E-state index in [0.29, 0.717) is 18.4 Å². The summed E-state index contributed by atoms with van der Waals surface area (Å²) < 4.78 is 0. The zero-order valence-corrected chi connectivity index (χ0v) is 9.64. The average molecular weight is 230 g/mol. The van der Waals surface area contributed by atoms with Crippen LogP contribution in [0.4, 0.5) is 0 Å². The van der Waals surface area contributed by atoms with E-state index in [0.717, 1.165) is 0 Å². The molecule has 0 spiro atoms. The molecule has 88 valence electrons. The molecule has 1 unspecified atom stereocenters. The molecule has 0 saturated heterocycles. The summed E-state index contributed by atoms with van der Waals surface area (Å²) in [4.78, 5) is 22.5. The second-order valence-corrected chi connectivity index (χ2v) is 3.76. The summed E-state index contributed by atoms with van der Waals surface area (Å²) >= 11 is 0. The molecule has 0 radical (unpaired) electrons. The van der Waals surface area contributed by atoms with E-state index in [1.54, 1.807) is 24.3 Å². The number of amides is 1. The fourth-order valence-electron chi connectivity index (χ4n) is 1.35. The van der Waals surface area contributed by atoms with Crippen LogP contribution in [0.15, 0.2) is 30.3 Å². The molecule has 1 atom stereocenters. The Morgan fingerprint density at radius 2 is 2.00 bits per heavy atom. The smallest absolute Gasteiger partial charge is 0.252 e. The number of nitriles is 1. The minimum Gasteiger partial charge on any atom is -0.336 e. The Morgan fingerprint density at radius 3 is 2.53 bits per heavy atom. The van der Waals surface area contributed by atoms with Gasteiger partial charge in [0, 0.05) is 12.0 Å². The van der Waals surface area contributed by atoms with Crippen molar-refractivity contribution in [2.75, 3.05) is 0 Å². The van der Waals surface area contributed by atoms with E-state index in [1.165, 1.54) is 6.92 Å². The Labute approximate surface area is 100 Å². The van der Waals surface area contributed by atoms with Crippen molar-refractivity contribution in [3.8, 4) is 6.07 Å². The number of Topliss-reactive ketones (excluding diaryl/α,β-unsaturated/α-hetero) is 1. The Kier molecular flexibility index (Phi) is 4.89. The molecule has 4 heteroatoms. The van der Waals surface area contributed by atoms with Crippen LogP contribution in [0, 0.1) is 11.3 Å². The highest BCUT2D eigenvalue weighted by Crippen LogP contribution is 2.02. The van der Waals surface area contributed by atoms with E-state index < -0.39 is 6.04 Å². The third-order valence-corrected chi connectivity index (χ3v) is 2.28. The molecule has 0 bridgehead atoms. The predicted octanol–water partition coefficient (Wildman–Crippen LogP) is 1.68. The van der Waals surface area contributed by atoms with Gasteiger partial charge < -0.3 is 10.1 Å². The quantitative estimate of drug-likeness (QED) is 0.836. The molecule has 17 heavy (non-hydrogen) atoms. The van der Waals surface area contributed by atoms with E-state index in [4.69, 9.17) is 5.26 Å². The van der Waals surface area contributed by atoms with Crippen LogP contribution in [0.25, 0.3) is 0 Å². The first kappa shape index (κ1) is 12.9. The van der Waals surface area contributed by atoms with Crippen molar-refractivity contribution in [1.29, 1.82) is 5.26 Å². The first-order chi connectivity index (χ1) is 8.13. The van der Waals surface area contributed by atoms with Crippen molar-refractivity contribution in [3.63, 3.8) is 0 Å². The minimum atomic E-state index is -0.619. The first-order valence-electron chi connectivity index (χ1n) is 5.38. The Hall–Kier alpha value is -2.15. The number of hydrogen-bond acceptors (Lipinski definition) is 3. The Morgan fingerprint density at radius 1 is 1.35 bits per heavy atom. The van der Waals surface area contributed by atoms with Crippen molar-refractivity contribution in [2.45, 2.75) is 25.8 Å². The number of nitrogens with one attached hydrogen (secondary N) is 1. The number of rotatable bonds is 5. The van der Waals surface area contributed by atoms with Gasteiger partial charge in [0.25, 0.3) is 5.91 Å². The number of carbonyl (C=O) groups excluding carboxylic acids is 2. The second-order valence-electron chi connectivity index (χ2n) is 3.76. The lowest BCUT2D eigenvalue weighted by Gasteiger charge is -2.10. The highest BCUT2D eigenvalue weighted by molar-refractivity contribution is 5.94. The van der Waals surface area contributed by atoms with Gasteiger partial charge in [-0.1, -0.05) is 18.2 Å². The highest BCUT2D eigenvalue weighted by Gasteiger charge is 2.13. The van der Waals surface area contributed by atoms with Gasteiger partial charge in [-0.05, 0) is 25.5 Å². The minimum absolute atomic E-state index is 0.0132. The number of carbonyl (C=O) groups is 2. The maximum Gasteiger partial charge on any atom is 0.252 e. The summed E-state index contributed by atoms with van der Waals surface area (Å²) in [6, 6.07) is 10.0. The topological polar surface area (TPSA) is 70.0 Å². The fourth-order valence-corrected chi connectivity index (χ4v) is 1.35. The molecule has 0 aliphatic carbocycles. The molecule has 0 aromatic heterocycles. The van der Waals surface area contributed by atoms with Crippen LogP contribution < -0.4 is 5.32 Å². The predicted molar refractivity (Wildman–Crippen MR) is 63.2 cm³/mol. The molecule has 1 aromatic rings. The first-order valence-corrected chi connectivity index (χ1v) is 5.38. The Bertz CT molecular complexity index is 434. The van der Waals surface area contributed by atoms with Crippen LogP contribution in [-0.2, 0) is 4.79 Å². The van der Waals surface area contributed by atoms with Gasteiger partial charge in [0.15, 0.2) is 0 Å². The summed E-state index contributed by atoms with van der Waals surface area (Å²) in [5.74, 6) is -0.278. The number of benzene rings is 1. The van der Waals surface area contributed by atoms with Crippen LogP contribution in [-0.4, -0.2) is 17.7 Å². The highest BCUT2D eigenvalue weighted by atomic mass is 16.1. The average Bonchev–Trinajstić information content (AvgIpc) is 2.35.